The lowest BCUT2D eigenvalue weighted by Gasteiger charge is -2.26. The highest BCUT2D eigenvalue weighted by atomic mass is 32.2. The number of aromatic amines is 1. The third-order valence-corrected chi connectivity index (χ3v) is 4.88. The lowest BCUT2D eigenvalue weighted by molar-refractivity contribution is 0.361. The smallest absolute Gasteiger partial charge is 0.255 e. The van der Waals surface area contributed by atoms with Gasteiger partial charge in [-0.3, -0.25) is 15.2 Å². The van der Waals surface area contributed by atoms with E-state index < -0.39 is 11.6 Å². The number of aromatic nitrogens is 2. The van der Waals surface area contributed by atoms with Crippen LogP contribution < -0.4 is 11.0 Å². The van der Waals surface area contributed by atoms with Crippen molar-refractivity contribution in [3.8, 4) is 0 Å². The Morgan fingerprint density at radius 3 is 2.62 bits per heavy atom. The van der Waals surface area contributed by atoms with Gasteiger partial charge in [-0.05, 0) is 19.1 Å². The van der Waals surface area contributed by atoms with Gasteiger partial charge < -0.3 is 0 Å². The summed E-state index contributed by atoms with van der Waals surface area (Å²) in [5.74, 6) is 1.01. The summed E-state index contributed by atoms with van der Waals surface area (Å²) in [5, 5.41) is 1.97. The van der Waals surface area contributed by atoms with Crippen LogP contribution in [0.15, 0.2) is 23.0 Å². The SMILES string of the molecule is Cc1c(Cc2c(F)cccc2F)nc(NN2CCSCC2)[nH]c1=O. The Morgan fingerprint density at radius 1 is 1.29 bits per heavy atom. The predicted octanol–water partition coefficient (Wildman–Crippen LogP) is 2.32. The fourth-order valence-corrected chi connectivity index (χ4v) is 3.40. The molecule has 128 valence electrons. The van der Waals surface area contributed by atoms with Crippen molar-refractivity contribution >= 4 is 17.7 Å². The molecule has 1 fully saturated rings. The molecular formula is C16H18F2N4OS. The minimum absolute atomic E-state index is 0.0706. The number of thioether (sulfide) groups is 1. The Hall–Kier alpha value is -1.93. The summed E-state index contributed by atoms with van der Waals surface area (Å²) in [5.41, 5.74) is 3.39. The van der Waals surface area contributed by atoms with Crippen LogP contribution >= 0.6 is 11.8 Å². The van der Waals surface area contributed by atoms with Gasteiger partial charge >= 0.3 is 0 Å². The highest BCUT2D eigenvalue weighted by molar-refractivity contribution is 7.99. The number of H-pyrrole nitrogens is 1. The van der Waals surface area contributed by atoms with Crippen LogP contribution in [0.4, 0.5) is 14.7 Å². The first kappa shape index (κ1) is 16.9. The minimum atomic E-state index is -0.640. The summed E-state index contributed by atoms with van der Waals surface area (Å²) < 4.78 is 27.7. The zero-order chi connectivity index (χ0) is 17.1. The molecule has 5 nitrogen and oxygen atoms in total. The molecule has 0 bridgehead atoms. The first-order chi connectivity index (χ1) is 11.5. The number of nitrogens with one attached hydrogen (secondary N) is 2. The number of hydrogen-bond donors (Lipinski definition) is 2. The van der Waals surface area contributed by atoms with Crippen molar-refractivity contribution in [2.45, 2.75) is 13.3 Å². The first-order valence-corrected chi connectivity index (χ1v) is 8.82. The second-order valence-electron chi connectivity index (χ2n) is 5.57. The summed E-state index contributed by atoms with van der Waals surface area (Å²) >= 11 is 1.87. The molecule has 0 unspecified atom stereocenters. The minimum Gasteiger partial charge on any atom is -0.291 e. The summed E-state index contributed by atoms with van der Waals surface area (Å²) in [4.78, 5) is 19.1. The van der Waals surface area contributed by atoms with Crippen molar-refractivity contribution < 1.29 is 8.78 Å². The third kappa shape index (κ3) is 3.76. The van der Waals surface area contributed by atoms with Crippen LogP contribution in [0.25, 0.3) is 0 Å². The van der Waals surface area contributed by atoms with E-state index in [1.807, 2.05) is 16.8 Å². The molecule has 0 amide bonds. The van der Waals surface area contributed by atoms with Gasteiger partial charge in [-0.2, -0.15) is 11.8 Å². The topological polar surface area (TPSA) is 61.0 Å². The first-order valence-electron chi connectivity index (χ1n) is 7.66. The van der Waals surface area contributed by atoms with Crippen LogP contribution in [0.1, 0.15) is 16.8 Å². The predicted molar refractivity (Wildman–Crippen MR) is 91.3 cm³/mol. The normalized spacial score (nSPS) is 15.5. The van der Waals surface area contributed by atoms with Gasteiger partial charge in [0.1, 0.15) is 11.6 Å². The zero-order valence-corrected chi connectivity index (χ0v) is 14.1. The standard InChI is InChI=1S/C16H18F2N4OS/c1-10-14(9-11-12(17)3-2-4-13(11)18)19-16(20-15(10)23)21-22-5-7-24-8-6-22/h2-4H,5-9H2,1H3,(H2,19,20,21,23). The quantitative estimate of drug-likeness (QED) is 0.884. The maximum Gasteiger partial charge on any atom is 0.255 e. The molecule has 0 saturated carbocycles. The maximum absolute atomic E-state index is 13.9. The lowest BCUT2D eigenvalue weighted by atomic mass is 10.1. The highest BCUT2D eigenvalue weighted by Crippen LogP contribution is 2.18. The van der Waals surface area contributed by atoms with E-state index in [2.05, 4.69) is 15.4 Å². The molecular weight excluding hydrogens is 334 g/mol. The van der Waals surface area contributed by atoms with Gasteiger partial charge in [0.2, 0.25) is 5.95 Å². The van der Waals surface area contributed by atoms with Crippen molar-refractivity contribution in [2.75, 3.05) is 30.0 Å². The zero-order valence-electron chi connectivity index (χ0n) is 13.2. The van der Waals surface area contributed by atoms with Gasteiger partial charge in [0, 0.05) is 42.1 Å². The van der Waals surface area contributed by atoms with E-state index in [9.17, 15) is 13.6 Å². The number of benzene rings is 1. The van der Waals surface area contributed by atoms with E-state index in [-0.39, 0.29) is 17.5 Å². The highest BCUT2D eigenvalue weighted by Gasteiger charge is 2.16. The van der Waals surface area contributed by atoms with E-state index in [4.69, 9.17) is 0 Å². The molecule has 0 spiro atoms. The Bertz CT molecular complexity index is 770. The average Bonchev–Trinajstić information content (AvgIpc) is 2.56. The molecule has 2 N–H and O–H groups in total. The van der Waals surface area contributed by atoms with Crippen LogP contribution in [-0.2, 0) is 6.42 Å². The summed E-state index contributed by atoms with van der Waals surface area (Å²) in [7, 11) is 0. The number of anilines is 1. The van der Waals surface area contributed by atoms with Crippen LogP contribution in [0.5, 0.6) is 0 Å². The van der Waals surface area contributed by atoms with Gasteiger partial charge in [0.25, 0.3) is 5.56 Å². The molecule has 0 aliphatic carbocycles. The van der Waals surface area contributed by atoms with Gasteiger partial charge in [-0.1, -0.05) is 6.07 Å². The largest absolute Gasteiger partial charge is 0.291 e. The Morgan fingerprint density at radius 2 is 1.96 bits per heavy atom. The molecule has 1 aliphatic rings. The van der Waals surface area contributed by atoms with E-state index in [1.54, 1.807) is 6.92 Å². The maximum atomic E-state index is 13.9. The molecule has 1 aromatic heterocycles. The number of hydrazine groups is 1. The number of hydrogen-bond acceptors (Lipinski definition) is 5. The molecule has 8 heteroatoms. The Kier molecular flexibility index (Phi) is 5.15. The van der Waals surface area contributed by atoms with Crippen LogP contribution in [0, 0.1) is 18.6 Å². The second-order valence-corrected chi connectivity index (χ2v) is 6.80. The fraction of sp³-hybridized carbons (Fsp3) is 0.375. The summed E-state index contributed by atoms with van der Waals surface area (Å²) in [6, 6.07) is 3.71. The van der Waals surface area contributed by atoms with E-state index in [0.29, 0.717) is 17.2 Å². The van der Waals surface area contributed by atoms with Gasteiger partial charge in [0.15, 0.2) is 0 Å². The van der Waals surface area contributed by atoms with Gasteiger partial charge in [0.05, 0.1) is 5.69 Å². The molecule has 1 saturated heterocycles. The van der Waals surface area contributed by atoms with Gasteiger partial charge in [-0.25, -0.2) is 18.8 Å². The summed E-state index contributed by atoms with van der Waals surface area (Å²) in [6.07, 6.45) is -0.0706. The van der Waals surface area contributed by atoms with E-state index in [1.165, 1.54) is 18.2 Å². The third-order valence-electron chi connectivity index (χ3n) is 3.93. The average molecular weight is 352 g/mol. The molecule has 1 aliphatic heterocycles. The second kappa shape index (κ2) is 7.31. The van der Waals surface area contributed by atoms with Crippen molar-refractivity contribution in [2.24, 2.45) is 0 Å². The molecule has 0 radical (unpaired) electrons. The molecule has 1 aromatic carbocycles. The van der Waals surface area contributed by atoms with Crippen molar-refractivity contribution in [1.29, 1.82) is 0 Å². The molecule has 2 heterocycles. The Labute approximate surface area is 142 Å². The van der Waals surface area contributed by atoms with Crippen molar-refractivity contribution in [3.05, 3.63) is 57.0 Å². The molecule has 0 atom stereocenters. The van der Waals surface area contributed by atoms with E-state index in [0.717, 1.165) is 24.6 Å². The lowest BCUT2D eigenvalue weighted by Crippen LogP contribution is -2.38. The monoisotopic (exact) mass is 352 g/mol. The van der Waals surface area contributed by atoms with Crippen LogP contribution in [0.2, 0.25) is 0 Å². The number of nitrogens with zero attached hydrogens (tertiary/aromatic N) is 2. The van der Waals surface area contributed by atoms with E-state index >= 15 is 0 Å². The number of rotatable bonds is 4. The molecule has 2 aromatic rings. The Balaban J connectivity index is 1.88. The van der Waals surface area contributed by atoms with Crippen molar-refractivity contribution in [3.63, 3.8) is 0 Å². The van der Waals surface area contributed by atoms with Gasteiger partial charge in [-0.15, -0.1) is 0 Å². The van der Waals surface area contributed by atoms with Crippen LogP contribution in [0.3, 0.4) is 0 Å². The van der Waals surface area contributed by atoms with Crippen LogP contribution in [-0.4, -0.2) is 39.6 Å². The molecule has 24 heavy (non-hydrogen) atoms. The summed E-state index contributed by atoms with van der Waals surface area (Å²) in [6.45, 7) is 3.26. The number of halogens is 2. The molecule has 3 rings (SSSR count). The fourth-order valence-electron chi connectivity index (χ4n) is 2.50. The van der Waals surface area contributed by atoms with Crippen molar-refractivity contribution in [1.82, 2.24) is 15.0 Å².